The van der Waals surface area contributed by atoms with Crippen LogP contribution in [0.25, 0.3) is 10.6 Å². The zero-order chi connectivity index (χ0) is 23.3. The molecule has 13 heteroatoms. The summed E-state index contributed by atoms with van der Waals surface area (Å²) in [6.07, 6.45) is -0.960. The van der Waals surface area contributed by atoms with Gasteiger partial charge in [-0.25, -0.2) is 9.18 Å². The first-order valence-corrected chi connectivity index (χ1v) is 10.7. The molecule has 0 spiro atoms. The number of aromatic nitrogens is 2. The molecule has 0 unspecified atom stereocenters. The molecule has 0 radical (unpaired) electrons. The highest BCUT2D eigenvalue weighted by molar-refractivity contribution is 7.80. The smallest absolute Gasteiger partial charge is 0.414 e. The fraction of sp³-hybridized carbons (Fsp3) is 0.368. The van der Waals surface area contributed by atoms with Gasteiger partial charge in [-0.15, -0.1) is 10.2 Å². The molecule has 2 N–H and O–H groups in total. The number of rotatable bonds is 8. The topological polar surface area (TPSA) is 123 Å². The number of cyclic esters (lactones) is 1. The number of benzene rings is 1. The van der Waals surface area contributed by atoms with E-state index in [1.165, 1.54) is 24.0 Å². The van der Waals surface area contributed by atoms with Crippen molar-refractivity contribution in [2.75, 3.05) is 24.6 Å². The normalized spacial score (nSPS) is 15.3. The minimum absolute atomic E-state index is 0.0632. The summed E-state index contributed by atoms with van der Waals surface area (Å²) in [5.41, 5.74) is 0.575. The summed E-state index contributed by atoms with van der Waals surface area (Å²) in [5.74, 6) is -1.62. The first kappa shape index (κ1) is 23.5. The summed E-state index contributed by atoms with van der Waals surface area (Å²) in [5, 5.41) is 14.1. The van der Waals surface area contributed by atoms with Crippen molar-refractivity contribution in [2.24, 2.45) is 0 Å². The maximum Gasteiger partial charge on any atom is 0.414 e. The van der Waals surface area contributed by atoms with Crippen LogP contribution in [0, 0.1) is 5.82 Å². The van der Waals surface area contributed by atoms with E-state index < -0.39 is 36.5 Å². The van der Waals surface area contributed by atoms with Crippen molar-refractivity contribution in [3.8, 4) is 10.6 Å². The first-order chi connectivity index (χ1) is 15.2. The molecule has 1 fully saturated rings. The van der Waals surface area contributed by atoms with Gasteiger partial charge in [-0.3, -0.25) is 14.5 Å². The summed E-state index contributed by atoms with van der Waals surface area (Å²) >= 11 is 6.05. The predicted octanol–water partition coefficient (Wildman–Crippen LogP) is 1.79. The molecule has 0 bridgehead atoms. The average Bonchev–Trinajstić information content (AvgIpc) is 3.35. The molecule has 1 aromatic heterocycles. The van der Waals surface area contributed by atoms with Crippen LogP contribution in [0.5, 0.6) is 0 Å². The lowest BCUT2D eigenvalue weighted by Crippen LogP contribution is -2.32. The van der Waals surface area contributed by atoms with Crippen LogP contribution in [0.1, 0.15) is 18.9 Å². The van der Waals surface area contributed by atoms with Gasteiger partial charge in [0.15, 0.2) is 11.6 Å². The fourth-order valence-corrected chi connectivity index (χ4v) is 3.66. The molecule has 2 amide bonds. The number of ether oxygens (including phenoxy) is 2. The highest BCUT2D eigenvalue weighted by atomic mass is 32.1. The molecular formula is C19H20FN5O5S2. The maximum absolute atomic E-state index is 14.8. The summed E-state index contributed by atoms with van der Waals surface area (Å²) in [6.45, 7) is 3.25. The largest absolute Gasteiger partial charge is 0.456 e. The molecule has 1 aliphatic rings. The highest BCUT2D eigenvalue weighted by Gasteiger charge is 2.32. The predicted molar refractivity (Wildman–Crippen MR) is 118 cm³/mol. The van der Waals surface area contributed by atoms with E-state index in [1.54, 1.807) is 13.0 Å². The summed E-state index contributed by atoms with van der Waals surface area (Å²) in [7, 11) is 0. The zero-order valence-electron chi connectivity index (χ0n) is 17.2. The Hall–Kier alpha value is -3.19. The Balaban J connectivity index is 1.62. The van der Waals surface area contributed by atoms with Gasteiger partial charge in [0.25, 0.3) is 5.91 Å². The van der Waals surface area contributed by atoms with Crippen molar-refractivity contribution < 1.29 is 28.2 Å². The number of amides is 2. The van der Waals surface area contributed by atoms with Crippen LogP contribution in [0.4, 0.5) is 14.9 Å². The van der Waals surface area contributed by atoms with Crippen LogP contribution in [-0.4, -0.2) is 59.0 Å². The monoisotopic (exact) mass is 481 g/mol. The van der Waals surface area contributed by atoms with E-state index in [9.17, 15) is 18.8 Å². The molecule has 1 saturated heterocycles. The number of esters is 1. The average molecular weight is 482 g/mol. The number of nitrogens with zero attached hydrogens (tertiary/aromatic N) is 3. The van der Waals surface area contributed by atoms with Crippen LogP contribution in [-0.2, 0) is 25.6 Å². The van der Waals surface area contributed by atoms with E-state index in [1.807, 2.05) is 0 Å². The number of carbonyl (C=O) groups excluding carboxylic acids is 3. The molecule has 2 heterocycles. The van der Waals surface area contributed by atoms with Gasteiger partial charge < -0.3 is 20.1 Å². The molecular weight excluding hydrogens is 461 g/mol. The summed E-state index contributed by atoms with van der Waals surface area (Å²) in [6, 6.07) is 4.34. The van der Waals surface area contributed by atoms with Crippen molar-refractivity contribution >= 4 is 52.2 Å². The Morgan fingerprint density at radius 2 is 2.12 bits per heavy atom. The molecule has 2 aromatic rings. The number of thiocarbonyl (C=S) groups is 1. The Labute approximate surface area is 192 Å². The lowest BCUT2D eigenvalue weighted by molar-refractivity contribution is -0.146. The second-order valence-electron chi connectivity index (χ2n) is 6.78. The summed E-state index contributed by atoms with van der Waals surface area (Å²) < 4.78 is 24.6. The minimum Gasteiger partial charge on any atom is -0.456 e. The zero-order valence-corrected chi connectivity index (χ0v) is 18.8. The molecule has 10 nitrogen and oxygen atoms in total. The fourth-order valence-electron chi connectivity index (χ4n) is 2.77. The van der Waals surface area contributed by atoms with E-state index in [4.69, 9.17) is 17.0 Å². The van der Waals surface area contributed by atoms with Gasteiger partial charge in [-0.05, 0) is 25.1 Å². The van der Waals surface area contributed by atoms with E-state index in [-0.39, 0.29) is 18.7 Å². The van der Waals surface area contributed by atoms with Gasteiger partial charge in [-0.1, -0.05) is 23.6 Å². The Morgan fingerprint density at radius 3 is 2.81 bits per heavy atom. The Kier molecular flexibility index (Phi) is 7.64. The number of hydrogen-bond donors (Lipinski definition) is 2. The van der Waals surface area contributed by atoms with Gasteiger partial charge in [0, 0.05) is 12.5 Å². The quantitative estimate of drug-likeness (QED) is 0.429. The van der Waals surface area contributed by atoms with Gasteiger partial charge >= 0.3 is 12.1 Å². The molecule has 0 aliphatic carbocycles. The third kappa shape index (κ3) is 6.17. The number of hydrogen-bond acceptors (Lipinski definition) is 9. The lowest BCUT2D eigenvalue weighted by atomic mass is 10.2. The van der Waals surface area contributed by atoms with Crippen LogP contribution >= 0.6 is 23.6 Å². The first-order valence-electron chi connectivity index (χ1n) is 9.48. The molecule has 32 heavy (non-hydrogen) atoms. The second-order valence-corrected chi connectivity index (χ2v) is 8.45. The standard InChI is InChI=1S/C19H20FN5O5S2/c1-10(31)21-6-13-8-25(19(28)30-13)12-3-4-14(15(20)5-12)18-24-23-17(32-18)7-22-16(27)9-29-11(2)26/h3-5,13H,6-9H2,1-2H3,(H,21,31)(H,22,27)/t13-/m0/s1. The number of anilines is 1. The van der Waals surface area contributed by atoms with Crippen molar-refractivity contribution in [2.45, 2.75) is 26.5 Å². The van der Waals surface area contributed by atoms with Crippen LogP contribution in [0.2, 0.25) is 0 Å². The molecule has 1 atom stereocenters. The van der Waals surface area contributed by atoms with E-state index in [2.05, 4.69) is 25.6 Å². The van der Waals surface area contributed by atoms with Crippen molar-refractivity contribution in [3.63, 3.8) is 0 Å². The van der Waals surface area contributed by atoms with E-state index in [0.717, 1.165) is 11.3 Å². The Morgan fingerprint density at radius 1 is 1.34 bits per heavy atom. The molecule has 3 rings (SSSR count). The van der Waals surface area contributed by atoms with Crippen LogP contribution in [0.3, 0.4) is 0 Å². The van der Waals surface area contributed by atoms with Gasteiger partial charge in [0.1, 0.15) is 16.9 Å². The van der Waals surface area contributed by atoms with Gasteiger partial charge in [0.2, 0.25) is 0 Å². The number of nitrogens with one attached hydrogen (secondary N) is 2. The molecule has 1 aromatic carbocycles. The van der Waals surface area contributed by atoms with Crippen molar-refractivity contribution in [1.29, 1.82) is 0 Å². The Bertz CT molecular complexity index is 1050. The van der Waals surface area contributed by atoms with Crippen LogP contribution < -0.4 is 15.5 Å². The molecule has 170 valence electrons. The van der Waals surface area contributed by atoms with Crippen molar-refractivity contribution in [1.82, 2.24) is 20.8 Å². The van der Waals surface area contributed by atoms with E-state index >= 15 is 0 Å². The van der Waals surface area contributed by atoms with Gasteiger partial charge in [0.05, 0.1) is 30.3 Å². The minimum atomic E-state index is -0.576. The van der Waals surface area contributed by atoms with Gasteiger partial charge in [-0.2, -0.15) is 0 Å². The molecule has 0 saturated carbocycles. The molecule has 1 aliphatic heterocycles. The van der Waals surface area contributed by atoms with Crippen LogP contribution in [0.15, 0.2) is 18.2 Å². The summed E-state index contributed by atoms with van der Waals surface area (Å²) in [4.78, 5) is 36.4. The maximum atomic E-state index is 14.8. The highest BCUT2D eigenvalue weighted by Crippen LogP contribution is 2.30. The third-order valence-electron chi connectivity index (χ3n) is 4.26. The van der Waals surface area contributed by atoms with Crippen molar-refractivity contribution in [3.05, 3.63) is 29.0 Å². The second kappa shape index (κ2) is 10.4. The number of halogens is 1. The lowest BCUT2D eigenvalue weighted by Gasteiger charge is -2.14. The number of carbonyl (C=O) groups is 3. The SMILES string of the molecule is CC(=O)OCC(=O)NCc1nnc(-c2ccc(N3C[C@H](CNC(C)=S)OC3=O)cc2F)s1. The van der Waals surface area contributed by atoms with E-state index in [0.29, 0.717) is 27.2 Å². The third-order valence-corrected chi connectivity index (χ3v) is 5.36.